The molecule has 2 rings (SSSR count). The van der Waals surface area contributed by atoms with Crippen molar-refractivity contribution in [2.45, 2.75) is 6.54 Å². The van der Waals surface area contributed by atoms with Crippen LogP contribution in [0.2, 0.25) is 0 Å². The summed E-state index contributed by atoms with van der Waals surface area (Å²) in [5.41, 5.74) is 7.82. The van der Waals surface area contributed by atoms with Crippen molar-refractivity contribution in [3.63, 3.8) is 0 Å². The fraction of sp³-hybridized carbons (Fsp3) is 0.250. The second-order valence-corrected chi connectivity index (χ2v) is 4.31. The predicted molar refractivity (Wildman–Crippen MR) is 77.5 cm³/mol. The Morgan fingerprint density at radius 1 is 1.58 bits per heavy atom. The molecule has 0 amide bonds. The minimum Gasteiger partial charge on any atom is -0.388 e. The number of thiocarbonyl (C=S) groups is 1. The van der Waals surface area contributed by atoms with Crippen molar-refractivity contribution in [3.8, 4) is 0 Å². The second-order valence-electron chi connectivity index (χ2n) is 3.87. The lowest BCUT2D eigenvalue weighted by Gasteiger charge is -2.07. The molecular weight excluding hydrogens is 262 g/mol. The van der Waals surface area contributed by atoms with Crippen LogP contribution in [0.3, 0.4) is 0 Å². The molecule has 0 aliphatic heterocycles. The normalized spacial score (nSPS) is 10.4. The Kier molecular flexibility index (Phi) is 4.43. The van der Waals surface area contributed by atoms with Gasteiger partial charge in [-0.15, -0.1) is 0 Å². The van der Waals surface area contributed by atoms with E-state index in [4.69, 9.17) is 22.7 Å². The van der Waals surface area contributed by atoms with E-state index in [9.17, 15) is 0 Å². The first-order valence-corrected chi connectivity index (χ1v) is 6.15. The molecule has 2 aromatic rings. The Hall–Kier alpha value is -1.99. The quantitative estimate of drug-likeness (QED) is 0.775. The van der Waals surface area contributed by atoms with E-state index < -0.39 is 0 Å². The maximum atomic E-state index is 5.63. The Morgan fingerprint density at radius 2 is 2.42 bits per heavy atom. The second kappa shape index (κ2) is 6.26. The molecule has 0 atom stereocenters. The maximum absolute atomic E-state index is 5.63. The van der Waals surface area contributed by atoms with E-state index >= 15 is 0 Å². The summed E-state index contributed by atoms with van der Waals surface area (Å²) in [5, 5.41) is 7.41. The Morgan fingerprint density at radius 3 is 3.16 bits per heavy atom. The van der Waals surface area contributed by atoms with Crippen LogP contribution >= 0.6 is 12.2 Å². The average molecular weight is 277 g/mol. The third-order valence-electron chi connectivity index (χ3n) is 2.48. The zero-order chi connectivity index (χ0) is 13.7. The number of nitrogens with zero attached hydrogens (tertiary/aromatic N) is 3. The Labute approximate surface area is 116 Å². The number of hydrogen-bond donors (Lipinski definition) is 2. The van der Waals surface area contributed by atoms with Crippen LogP contribution in [0.25, 0.3) is 0 Å². The molecule has 0 aliphatic rings. The molecule has 0 aromatic carbocycles. The highest BCUT2D eigenvalue weighted by atomic mass is 32.1. The lowest BCUT2D eigenvalue weighted by Crippen LogP contribution is -2.13. The molecule has 2 heterocycles. The maximum Gasteiger partial charge on any atom is 0.124 e. The summed E-state index contributed by atoms with van der Waals surface area (Å²) in [4.78, 5) is 4.41. The number of nitrogens with two attached hydrogens (primary N) is 1. The van der Waals surface area contributed by atoms with Crippen molar-refractivity contribution in [1.82, 2.24) is 14.8 Å². The van der Waals surface area contributed by atoms with Crippen LogP contribution in [0.5, 0.6) is 0 Å². The van der Waals surface area contributed by atoms with Gasteiger partial charge < -0.3 is 15.8 Å². The third kappa shape index (κ3) is 3.49. The molecule has 100 valence electrons. The molecule has 0 saturated heterocycles. The van der Waals surface area contributed by atoms with E-state index in [1.54, 1.807) is 24.2 Å². The molecule has 0 radical (unpaired) electrons. The molecule has 0 saturated carbocycles. The molecule has 0 fully saturated rings. The van der Waals surface area contributed by atoms with Gasteiger partial charge in [0.25, 0.3) is 0 Å². The predicted octanol–water partition coefficient (Wildman–Crippen LogP) is 1.30. The molecule has 3 N–H and O–H groups in total. The topological polar surface area (TPSA) is 78.0 Å². The molecule has 6 nitrogen and oxygen atoms in total. The van der Waals surface area contributed by atoms with E-state index in [-0.39, 0.29) is 4.99 Å². The number of nitrogens with one attached hydrogen (secondary N) is 1. The van der Waals surface area contributed by atoms with Crippen LogP contribution in [-0.2, 0) is 11.3 Å². The fourth-order valence-electron chi connectivity index (χ4n) is 1.59. The zero-order valence-electron chi connectivity index (χ0n) is 10.5. The number of methoxy groups -OCH3 is 1. The average Bonchev–Trinajstić information content (AvgIpc) is 2.84. The van der Waals surface area contributed by atoms with Crippen LogP contribution in [0, 0.1) is 0 Å². The molecule has 0 aliphatic carbocycles. The first-order chi connectivity index (χ1) is 9.20. The molecule has 0 unspecified atom stereocenters. The summed E-state index contributed by atoms with van der Waals surface area (Å²) in [6.07, 6.45) is 5.27. The standard InChI is InChI=1S/C12H15N5OS/c1-18-6-5-17-8-9(7-15-17)16-10-3-2-4-14-11(10)12(13)19/h2-4,7-8,16H,5-6H2,1H3,(H2,13,19). The molecule has 2 aromatic heterocycles. The minimum absolute atomic E-state index is 0.259. The zero-order valence-corrected chi connectivity index (χ0v) is 11.4. The molecule has 19 heavy (non-hydrogen) atoms. The van der Waals surface area contributed by atoms with Crippen molar-refractivity contribution in [2.75, 3.05) is 19.0 Å². The minimum atomic E-state index is 0.259. The van der Waals surface area contributed by atoms with Crippen molar-refractivity contribution in [2.24, 2.45) is 5.73 Å². The van der Waals surface area contributed by atoms with Gasteiger partial charge in [0.2, 0.25) is 0 Å². The molecule has 0 bridgehead atoms. The number of aromatic nitrogens is 3. The van der Waals surface area contributed by atoms with Crippen LogP contribution in [0.4, 0.5) is 11.4 Å². The smallest absolute Gasteiger partial charge is 0.124 e. The SMILES string of the molecule is COCCn1cc(Nc2cccnc2C(N)=S)cn1. The van der Waals surface area contributed by atoms with Crippen LogP contribution in [0.15, 0.2) is 30.7 Å². The summed E-state index contributed by atoms with van der Waals surface area (Å²) in [6, 6.07) is 3.69. The summed E-state index contributed by atoms with van der Waals surface area (Å²) in [7, 11) is 1.66. The van der Waals surface area contributed by atoms with Gasteiger partial charge in [0.1, 0.15) is 10.7 Å². The van der Waals surface area contributed by atoms with Crippen LogP contribution in [0.1, 0.15) is 5.69 Å². The largest absolute Gasteiger partial charge is 0.388 e. The van der Waals surface area contributed by atoms with Gasteiger partial charge in [0.15, 0.2) is 0 Å². The van der Waals surface area contributed by atoms with Crippen LogP contribution < -0.4 is 11.1 Å². The van der Waals surface area contributed by atoms with E-state index in [0.29, 0.717) is 18.8 Å². The van der Waals surface area contributed by atoms with Gasteiger partial charge in [-0.3, -0.25) is 9.67 Å². The monoisotopic (exact) mass is 277 g/mol. The first-order valence-electron chi connectivity index (χ1n) is 5.74. The van der Waals surface area contributed by atoms with Crippen LogP contribution in [-0.4, -0.2) is 33.5 Å². The lowest BCUT2D eigenvalue weighted by molar-refractivity contribution is 0.183. The van der Waals surface area contributed by atoms with Gasteiger partial charge in [-0.2, -0.15) is 5.10 Å². The summed E-state index contributed by atoms with van der Waals surface area (Å²) in [5.74, 6) is 0. The summed E-state index contributed by atoms with van der Waals surface area (Å²) in [6.45, 7) is 1.32. The number of ether oxygens (including phenoxy) is 1. The highest BCUT2D eigenvalue weighted by Crippen LogP contribution is 2.18. The van der Waals surface area contributed by atoms with Gasteiger partial charge in [0, 0.05) is 19.5 Å². The van der Waals surface area contributed by atoms with Crippen molar-refractivity contribution in [3.05, 3.63) is 36.4 Å². The molecule has 0 spiro atoms. The summed E-state index contributed by atoms with van der Waals surface area (Å²) < 4.78 is 6.79. The highest BCUT2D eigenvalue weighted by molar-refractivity contribution is 7.80. The van der Waals surface area contributed by atoms with E-state index in [0.717, 1.165) is 11.4 Å². The number of anilines is 2. The third-order valence-corrected chi connectivity index (χ3v) is 2.67. The first kappa shape index (κ1) is 13.4. The number of hydrogen-bond acceptors (Lipinski definition) is 5. The number of rotatable bonds is 6. The van der Waals surface area contributed by atoms with Crippen molar-refractivity contribution < 1.29 is 4.74 Å². The van der Waals surface area contributed by atoms with Gasteiger partial charge in [-0.05, 0) is 12.1 Å². The van der Waals surface area contributed by atoms with E-state index in [2.05, 4.69) is 15.4 Å². The van der Waals surface area contributed by atoms with Gasteiger partial charge in [0.05, 0.1) is 30.7 Å². The Bertz CT molecular complexity index is 569. The van der Waals surface area contributed by atoms with Gasteiger partial charge >= 0.3 is 0 Å². The molecule has 7 heteroatoms. The Balaban J connectivity index is 2.13. The van der Waals surface area contributed by atoms with Crippen molar-refractivity contribution >= 4 is 28.6 Å². The summed E-state index contributed by atoms with van der Waals surface area (Å²) >= 11 is 4.97. The molecular formula is C12H15N5OS. The van der Waals surface area contributed by atoms with E-state index in [1.807, 2.05) is 18.3 Å². The highest BCUT2D eigenvalue weighted by Gasteiger charge is 2.07. The lowest BCUT2D eigenvalue weighted by atomic mass is 10.3. The van der Waals surface area contributed by atoms with Gasteiger partial charge in [-0.25, -0.2) is 0 Å². The van der Waals surface area contributed by atoms with Crippen molar-refractivity contribution in [1.29, 1.82) is 0 Å². The van der Waals surface area contributed by atoms with Gasteiger partial charge in [-0.1, -0.05) is 12.2 Å². The number of pyridine rings is 1. The van der Waals surface area contributed by atoms with E-state index in [1.165, 1.54) is 0 Å². The fourth-order valence-corrected chi connectivity index (χ4v) is 1.76.